The maximum absolute atomic E-state index is 11.8. The van der Waals surface area contributed by atoms with Crippen molar-refractivity contribution in [3.8, 4) is 0 Å². The van der Waals surface area contributed by atoms with E-state index in [0.29, 0.717) is 12.3 Å². The van der Waals surface area contributed by atoms with Crippen molar-refractivity contribution in [3.63, 3.8) is 0 Å². The summed E-state index contributed by atoms with van der Waals surface area (Å²) < 4.78 is 4.46. The molecule has 0 bridgehead atoms. The monoisotopic (exact) mass is 303 g/mol. The van der Waals surface area contributed by atoms with E-state index in [0.717, 1.165) is 24.3 Å². The fraction of sp³-hybridized carbons (Fsp3) is 0.769. The number of aliphatic carboxylic acids is 1. The summed E-state index contributed by atoms with van der Waals surface area (Å²) in [5.74, 6) is 0.604. The maximum atomic E-state index is 11.8. The number of methoxy groups -OCH3 is 1. The molecule has 0 aliphatic carbocycles. The van der Waals surface area contributed by atoms with E-state index < -0.39 is 18.0 Å². The molecule has 1 amide bonds. The van der Waals surface area contributed by atoms with Crippen molar-refractivity contribution in [2.45, 2.75) is 38.1 Å². The number of carbonyl (C=O) groups excluding carboxylic acids is 2. The van der Waals surface area contributed by atoms with Crippen LogP contribution in [0.25, 0.3) is 0 Å². The lowest BCUT2D eigenvalue weighted by atomic mass is 9.98. The molecule has 6 nitrogen and oxygen atoms in total. The normalized spacial score (nSPS) is 17.2. The average molecular weight is 303 g/mol. The fourth-order valence-corrected chi connectivity index (χ4v) is 3.29. The molecule has 1 heterocycles. The fourth-order valence-electron chi connectivity index (χ4n) is 2.09. The van der Waals surface area contributed by atoms with Crippen molar-refractivity contribution in [3.05, 3.63) is 0 Å². The minimum absolute atomic E-state index is 0.0200. The van der Waals surface area contributed by atoms with Gasteiger partial charge in [-0.15, -0.1) is 0 Å². The van der Waals surface area contributed by atoms with Crippen LogP contribution in [0.15, 0.2) is 0 Å². The Morgan fingerprint density at radius 1 is 1.35 bits per heavy atom. The quantitative estimate of drug-likeness (QED) is 0.683. The van der Waals surface area contributed by atoms with E-state index in [9.17, 15) is 14.4 Å². The molecule has 2 N–H and O–H groups in total. The van der Waals surface area contributed by atoms with E-state index >= 15 is 0 Å². The van der Waals surface area contributed by atoms with Gasteiger partial charge in [0.15, 0.2) is 0 Å². The van der Waals surface area contributed by atoms with Crippen LogP contribution in [0.2, 0.25) is 0 Å². The van der Waals surface area contributed by atoms with Gasteiger partial charge >= 0.3 is 11.9 Å². The lowest BCUT2D eigenvalue weighted by Gasteiger charge is -2.21. The Labute approximate surface area is 122 Å². The third-order valence-corrected chi connectivity index (χ3v) is 4.36. The average Bonchev–Trinajstić information content (AvgIpc) is 2.43. The highest BCUT2D eigenvalue weighted by molar-refractivity contribution is 7.99. The zero-order valence-electron chi connectivity index (χ0n) is 11.6. The topological polar surface area (TPSA) is 92.7 Å². The summed E-state index contributed by atoms with van der Waals surface area (Å²) in [5.41, 5.74) is 0. The molecule has 0 radical (unpaired) electrons. The van der Waals surface area contributed by atoms with E-state index in [1.807, 2.05) is 11.8 Å². The largest absolute Gasteiger partial charge is 0.480 e. The van der Waals surface area contributed by atoms with Crippen LogP contribution in [0.1, 0.15) is 32.1 Å². The number of rotatable bonds is 7. The number of nitrogens with one attached hydrogen (secondary N) is 1. The second-order valence-corrected chi connectivity index (χ2v) is 6.06. The van der Waals surface area contributed by atoms with Gasteiger partial charge in [-0.25, -0.2) is 4.79 Å². The third-order valence-electron chi connectivity index (χ3n) is 3.31. The van der Waals surface area contributed by atoms with Gasteiger partial charge in [0.2, 0.25) is 5.91 Å². The molecular formula is C13H21NO5S. The van der Waals surface area contributed by atoms with Crippen LogP contribution >= 0.6 is 11.8 Å². The molecule has 20 heavy (non-hydrogen) atoms. The van der Waals surface area contributed by atoms with Crippen LogP contribution < -0.4 is 5.32 Å². The van der Waals surface area contributed by atoms with E-state index in [2.05, 4.69) is 10.1 Å². The third kappa shape index (κ3) is 6.27. The molecule has 114 valence electrons. The molecule has 0 unspecified atom stereocenters. The first kappa shape index (κ1) is 16.8. The number of hydrogen-bond donors (Lipinski definition) is 2. The van der Waals surface area contributed by atoms with Crippen LogP contribution in [0, 0.1) is 5.92 Å². The molecule has 1 aliphatic rings. The second kappa shape index (κ2) is 8.84. The number of amides is 1. The van der Waals surface area contributed by atoms with Crippen molar-refractivity contribution in [1.29, 1.82) is 0 Å². The number of esters is 1. The molecule has 0 aromatic carbocycles. The molecule has 1 aliphatic heterocycles. The van der Waals surface area contributed by atoms with Crippen molar-refractivity contribution >= 4 is 29.6 Å². The number of carboxylic acids is 1. The molecule has 0 aromatic rings. The first-order valence-corrected chi connectivity index (χ1v) is 7.85. The Morgan fingerprint density at radius 2 is 2.00 bits per heavy atom. The van der Waals surface area contributed by atoms with Crippen molar-refractivity contribution in [2.75, 3.05) is 18.6 Å². The molecule has 0 spiro atoms. The number of carbonyl (C=O) groups is 3. The van der Waals surface area contributed by atoms with Gasteiger partial charge in [0, 0.05) is 12.8 Å². The first-order valence-electron chi connectivity index (χ1n) is 6.69. The van der Waals surface area contributed by atoms with Crippen LogP contribution in [0.5, 0.6) is 0 Å². The van der Waals surface area contributed by atoms with Gasteiger partial charge in [0.25, 0.3) is 0 Å². The van der Waals surface area contributed by atoms with Gasteiger partial charge in [-0.1, -0.05) is 0 Å². The van der Waals surface area contributed by atoms with E-state index in [1.165, 1.54) is 7.11 Å². The minimum atomic E-state index is -1.12. The van der Waals surface area contributed by atoms with Crippen LogP contribution in [-0.4, -0.2) is 47.6 Å². The molecular weight excluding hydrogens is 282 g/mol. The Balaban J connectivity index is 2.37. The lowest BCUT2D eigenvalue weighted by molar-refractivity contribution is -0.144. The summed E-state index contributed by atoms with van der Waals surface area (Å²) in [6.07, 6.45) is 2.39. The van der Waals surface area contributed by atoms with E-state index in [-0.39, 0.29) is 18.7 Å². The number of thioether (sulfide) groups is 1. The molecule has 1 rings (SSSR count). The SMILES string of the molecule is COC(=O)CC[C@@H](NC(=O)CC1CCSCC1)C(=O)O. The Morgan fingerprint density at radius 3 is 2.55 bits per heavy atom. The van der Waals surface area contributed by atoms with Gasteiger partial charge in [-0.05, 0) is 36.7 Å². The van der Waals surface area contributed by atoms with Crippen molar-refractivity contribution in [1.82, 2.24) is 5.32 Å². The molecule has 1 saturated heterocycles. The Kier molecular flexibility index (Phi) is 7.43. The molecule has 1 fully saturated rings. The molecule has 0 aromatic heterocycles. The Hall–Kier alpha value is -1.24. The van der Waals surface area contributed by atoms with Gasteiger partial charge in [-0.3, -0.25) is 9.59 Å². The number of hydrogen-bond acceptors (Lipinski definition) is 5. The van der Waals surface area contributed by atoms with Crippen molar-refractivity contribution in [2.24, 2.45) is 5.92 Å². The summed E-state index contributed by atoms with van der Waals surface area (Å²) in [7, 11) is 1.25. The predicted molar refractivity (Wildman–Crippen MR) is 75.5 cm³/mol. The molecule has 0 saturated carbocycles. The van der Waals surface area contributed by atoms with Crippen LogP contribution in [-0.2, 0) is 19.1 Å². The van der Waals surface area contributed by atoms with Gasteiger partial charge < -0.3 is 15.2 Å². The second-order valence-electron chi connectivity index (χ2n) is 4.83. The van der Waals surface area contributed by atoms with E-state index in [4.69, 9.17) is 5.11 Å². The van der Waals surface area contributed by atoms with Gasteiger partial charge in [0.1, 0.15) is 6.04 Å². The lowest BCUT2D eigenvalue weighted by Crippen LogP contribution is -2.41. The minimum Gasteiger partial charge on any atom is -0.480 e. The highest BCUT2D eigenvalue weighted by Gasteiger charge is 2.23. The number of ether oxygens (including phenoxy) is 1. The smallest absolute Gasteiger partial charge is 0.326 e. The van der Waals surface area contributed by atoms with Gasteiger partial charge in [0.05, 0.1) is 7.11 Å². The summed E-state index contributed by atoms with van der Waals surface area (Å²) in [4.78, 5) is 33.9. The molecule has 1 atom stereocenters. The Bertz CT molecular complexity index is 355. The standard InChI is InChI=1S/C13H21NO5S/c1-19-12(16)3-2-10(13(17)18)14-11(15)8-9-4-6-20-7-5-9/h9-10H,2-8H2,1H3,(H,14,15)(H,17,18)/t10-/m1/s1. The molecule has 7 heteroatoms. The summed E-state index contributed by atoms with van der Waals surface area (Å²) >= 11 is 1.88. The zero-order chi connectivity index (χ0) is 15.0. The zero-order valence-corrected chi connectivity index (χ0v) is 12.4. The highest BCUT2D eigenvalue weighted by Crippen LogP contribution is 2.25. The van der Waals surface area contributed by atoms with Gasteiger partial charge in [-0.2, -0.15) is 11.8 Å². The summed E-state index contributed by atoms with van der Waals surface area (Å²) in [6.45, 7) is 0. The summed E-state index contributed by atoms with van der Waals surface area (Å²) in [6, 6.07) is -1.03. The van der Waals surface area contributed by atoms with E-state index in [1.54, 1.807) is 0 Å². The maximum Gasteiger partial charge on any atom is 0.326 e. The van der Waals surface area contributed by atoms with Crippen molar-refractivity contribution < 1.29 is 24.2 Å². The van der Waals surface area contributed by atoms with Crippen LogP contribution in [0.3, 0.4) is 0 Å². The highest BCUT2D eigenvalue weighted by atomic mass is 32.2. The predicted octanol–water partition coefficient (Wildman–Crippen LogP) is 1.04. The number of carboxylic acid groups (broad SMARTS) is 1. The first-order chi connectivity index (χ1) is 9.52. The van der Waals surface area contributed by atoms with Crippen LogP contribution in [0.4, 0.5) is 0 Å². The summed E-state index contributed by atoms with van der Waals surface area (Å²) in [5, 5.41) is 11.5.